The van der Waals surface area contributed by atoms with E-state index in [9.17, 15) is 10.1 Å². The number of nitrogens with two attached hydrogens (primary N) is 1. The maximum Gasteiger partial charge on any atom is 0.258 e. The third-order valence-electron chi connectivity index (χ3n) is 7.01. The Bertz CT molecular complexity index is 1500. The van der Waals surface area contributed by atoms with E-state index in [2.05, 4.69) is 6.07 Å². The fourth-order valence-electron chi connectivity index (χ4n) is 5.07. The summed E-state index contributed by atoms with van der Waals surface area (Å²) >= 11 is 5.99. The number of fused-ring (bicyclic) bond motifs is 1. The zero-order chi connectivity index (χ0) is 27.5. The molecule has 2 aliphatic heterocycles. The molecule has 9 heteroatoms. The SMILES string of the molecule is CCOc1cc([C@@H]2C(C#N)=C(N)Oc3cc(C)n(C[C@H]4CCCO4)c(=O)c32)ccc1OCc1ccc(Cl)cc1. The number of hydrogen-bond acceptors (Lipinski definition) is 7. The minimum atomic E-state index is -0.730. The van der Waals surface area contributed by atoms with Crippen molar-refractivity contribution in [2.75, 3.05) is 13.2 Å². The van der Waals surface area contributed by atoms with Crippen LogP contribution in [0.15, 0.2) is 64.8 Å². The third kappa shape index (κ3) is 5.47. The highest BCUT2D eigenvalue weighted by Crippen LogP contribution is 2.43. The van der Waals surface area contributed by atoms with Gasteiger partial charge in [-0.05, 0) is 62.1 Å². The molecule has 5 rings (SSSR count). The Kier molecular flexibility index (Phi) is 7.82. The summed E-state index contributed by atoms with van der Waals surface area (Å²) in [6.45, 7) is 5.59. The van der Waals surface area contributed by atoms with E-state index in [1.165, 1.54) is 0 Å². The molecule has 3 heterocycles. The van der Waals surface area contributed by atoms with Gasteiger partial charge in [-0.1, -0.05) is 29.8 Å². The van der Waals surface area contributed by atoms with Crippen molar-refractivity contribution in [3.63, 3.8) is 0 Å². The van der Waals surface area contributed by atoms with Gasteiger partial charge < -0.3 is 29.2 Å². The maximum atomic E-state index is 13.9. The van der Waals surface area contributed by atoms with Gasteiger partial charge in [0.1, 0.15) is 24.0 Å². The monoisotopic (exact) mass is 547 g/mol. The molecule has 1 fully saturated rings. The largest absolute Gasteiger partial charge is 0.490 e. The number of benzene rings is 2. The van der Waals surface area contributed by atoms with Crippen molar-refractivity contribution in [1.82, 2.24) is 4.57 Å². The van der Waals surface area contributed by atoms with Crippen LogP contribution in [0.2, 0.25) is 5.02 Å². The topological polar surface area (TPSA) is 109 Å². The lowest BCUT2D eigenvalue weighted by atomic mass is 9.83. The molecule has 0 bridgehead atoms. The van der Waals surface area contributed by atoms with Gasteiger partial charge in [0.25, 0.3) is 5.56 Å². The first-order chi connectivity index (χ1) is 18.9. The third-order valence-corrected chi connectivity index (χ3v) is 7.26. The van der Waals surface area contributed by atoms with Gasteiger partial charge in [-0.25, -0.2) is 0 Å². The molecule has 2 aromatic carbocycles. The average molecular weight is 548 g/mol. The summed E-state index contributed by atoms with van der Waals surface area (Å²) in [6.07, 6.45) is 1.84. The Hall–Kier alpha value is -3.93. The molecule has 0 saturated carbocycles. The number of halogens is 1. The summed E-state index contributed by atoms with van der Waals surface area (Å²) in [5, 5.41) is 10.7. The van der Waals surface area contributed by atoms with Crippen LogP contribution >= 0.6 is 11.6 Å². The quantitative estimate of drug-likeness (QED) is 0.413. The predicted molar refractivity (Wildman–Crippen MR) is 147 cm³/mol. The lowest BCUT2D eigenvalue weighted by molar-refractivity contribution is 0.0955. The van der Waals surface area contributed by atoms with Gasteiger partial charge in [-0.15, -0.1) is 0 Å². The fourth-order valence-corrected chi connectivity index (χ4v) is 5.20. The first-order valence-electron chi connectivity index (χ1n) is 13.0. The summed E-state index contributed by atoms with van der Waals surface area (Å²) in [7, 11) is 0. The standard InChI is InChI=1S/C30H30ClN3O5/c1-3-36-25-14-20(8-11-24(25)38-17-19-6-9-21(31)10-7-19)27-23(15-32)29(33)39-26-13-18(2)34(30(35)28(26)27)16-22-5-4-12-37-22/h6-11,13-14,22,27H,3-5,12,16-17,33H2,1-2H3/t22-,27-/m1/s1. The number of aryl methyl sites for hydroxylation is 1. The van der Waals surface area contributed by atoms with E-state index in [4.69, 9.17) is 36.3 Å². The average Bonchev–Trinajstić information content (AvgIpc) is 3.44. The molecule has 0 aliphatic carbocycles. The Balaban J connectivity index is 1.55. The minimum Gasteiger partial charge on any atom is -0.490 e. The maximum absolute atomic E-state index is 13.9. The lowest BCUT2D eigenvalue weighted by Crippen LogP contribution is -2.35. The molecule has 39 heavy (non-hydrogen) atoms. The van der Waals surface area contributed by atoms with E-state index >= 15 is 0 Å². The van der Waals surface area contributed by atoms with Crippen molar-refractivity contribution in [2.24, 2.45) is 5.73 Å². The molecule has 2 aliphatic rings. The van der Waals surface area contributed by atoms with E-state index in [1.807, 2.05) is 44.2 Å². The van der Waals surface area contributed by atoms with E-state index in [1.54, 1.807) is 22.8 Å². The van der Waals surface area contributed by atoms with Crippen LogP contribution in [0.4, 0.5) is 0 Å². The summed E-state index contributed by atoms with van der Waals surface area (Å²) in [4.78, 5) is 13.9. The van der Waals surface area contributed by atoms with Crippen LogP contribution in [-0.4, -0.2) is 23.9 Å². The predicted octanol–water partition coefficient (Wildman–Crippen LogP) is 5.19. The molecule has 8 nitrogen and oxygen atoms in total. The van der Waals surface area contributed by atoms with Gasteiger partial charge in [0.15, 0.2) is 11.5 Å². The van der Waals surface area contributed by atoms with Crippen LogP contribution in [0.3, 0.4) is 0 Å². The first kappa shape index (κ1) is 26.7. The second-order valence-corrected chi connectivity index (χ2v) is 10.0. The number of ether oxygens (including phenoxy) is 4. The van der Waals surface area contributed by atoms with Crippen LogP contribution < -0.4 is 25.5 Å². The molecule has 1 saturated heterocycles. The van der Waals surface area contributed by atoms with Gasteiger partial charge in [-0.2, -0.15) is 5.26 Å². The summed E-state index contributed by atoms with van der Waals surface area (Å²) in [6, 6.07) is 16.8. The molecule has 0 amide bonds. The molecular weight excluding hydrogens is 518 g/mol. The van der Waals surface area contributed by atoms with Crippen LogP contribution in [-0.2, 0) is 17.9 Å². The van der Waals surface area contributed by atoms with E-state index < -0.39 is 5.92 Å². The van der Waals surface area contributed by atoms with Crippen LogP contribution in [0, 0.1) is 18.3 Å². The fraction of sp³-hybridized carbons (Fsp3) is 0.333. The van der Waals surface area contributed by atoms with Crippen LogP contribution in [0.1, 0.15) is 48.1 Å². The van der Waals surface area contributed by atoms with E-state index in [-0.39, 0.29) is 23.1 Å². The molecule has 2 N–H and O–H groups in total. The van der Waals surface area contributed by atoms with Gasteiger partial charge in [0, 0.05) is 23.4 Å². The van der Waals surface area contributed by atoms with Gasteiger partial charge in [0.05, 0.1) is 30.7 Å². The summed E-state index contributed by atoms with van der Waals surface area (Å²) < 4.78 is 25.3. The number of allylic oxidation sites excluding steroid dienone is 1. The second-order valence-electron chi connectivity index (χ2n) is 9.59. The molecule has 0 radical (unpaired) electrons. The number of nitriles is 1. The Morgan fingerprint density at radius 3 is 2.64 bits per heavy atom. The van der Waals surface area contributed by atoms with Crippen molar-refractivity contribution in [1.29, 1.82) is 5.26 Å². The van der Waals surface area contributed by atoms with Crippen molar-refractivity contribution in [2.45, 2.75) is 51.9 Å². The number of rotatable bonds is 8. The minimum absolute atomic E-state index is 0.0216. The number of aromatic nitrogens is 1. The molecule has 0 spiro atoms. The van der Waals surface area contributed by atoms with Crippen molar-refractivity contribution in [3.8, 4) is 23.3 Å². The van der Waals surface area contributed by atoms with E-state index in [0.717, 1.165) is 24.1 Å². The second kappa shape index (κ2) is 11.4. The lowest BCUT2D eigenvalue weighted by Gasteiger charge is -2.28. The number of pyridine rings is 1. The molecule has 3 aromatic rings. The van der Waals surface area contributed by atoms with Crippen molar-refractivity contribution < 1.29 is 18.9 Å². The van der Waals surface area contributed by atoms with Crippen molar-refractivity contribution >= 4 is 11.6 Å². The summed E-state index contributed by atoms with van der Waals surface area (Å²) in [5.41, 5.74) is 8.86. The zero-order valence-electron chi connectivity index (χ0n) is 21.9. The molecular formula is C30H30ClN3O5. The Morgan fingerprint density at radius 2 is 1.95 bits per heavy atom. The molecule has 2 atom stereocenters. The number of nitrogens with zero attached hydrogens (tertiary/aromatic N) is 2. The molecule has 0 unspecified atom stereocenters. The van der Waals surface area contributed by atoms with Gasteiger partial charge in [-0.3, -0.25) is 4.79 Å². The van der Waals surface area contributed by atoms with E-state index in [0.29, 0.717) is 59.8 Å². The highest BCUT2D eigenvalue weighted by atomic mass is 35.5. The summed E-state index contributed by atoms with van der Waals surface area (Å²) in [5.74, 6) is 0.639. The zero-order valence-corrected chi connectivity index (χ0v) is 22.7. The highest BCUT2D eigenvalue weighted by Gasteiger charge is 2.35. The van der Waals surface area contributed by atoms with Gasteiger partial charge >= 0.3 is 0 Å². The molecule has 1 aromatic heterocycles. The van der Waals surface area contributed by atoms with Crippen LogP contribution in [0.5, 0.6) is 17.2 Å². The molecule has 202 valence electrons. The Morgan fingerprint density at radius 1 is 1.15 bits per heavy atom. The van der Waals surface area contributed by atoms with Gasteiger partial charge in [0.2, 0.25) is 5.88 Å². The normalized spacial score (nSPS) is 18.3. The highest BCUT2D eigenvalue weighted by molar-refractivity contribution is 6.30. The van der Waals surface area contributed by atoms with Crippen LogP contribution in [0.25, 0.3) is 0 Å². The number of hydrogen-bond donors (Lipinski definition) is 1. The van der Waals surface area contributed by atoms with Crippen molar-refractivity contribution in [3.05, 3.63) is 97.7 Å². The smallest absolute Gasteiger partial charge is 0.258 e. The first-order valence-corrected chi connectivity index (χ1v) is 13.3. The Labute approximate surface area is 232 Å².